The second-order valence-corrected chi connectivity index (χ2v) is 6.13. The van der Waals surface area contributed by atoms with Gasteiger partial charge in [0.1, 0.15) is 5.82 Å². The topological polar surface area (TPSA) is 32.3 Å². The minimum Gasteiger partial charge on any atom is -0.325 e. The fraction of sp³-hybridized carbons (Fsp3) is 0.235. The third-order valence-corrected chi connectivity index (χ3v) is 4.14. The first-order valence-electron chi connectivity index (χ1n) is 6.93. The zero-order valence-corrected chi connectivity index (χ0v) is 14.2. The maximum atomic E-state index is 13.6. The lowest BCUT2D eigenvalue weighted by Crippen LogP contribution is -2.30. The molecule has 2 aromatic carbocycles. The number of hydrogen-bond donors (Lipinski definition) is 1. The second-order valence-electron chi connectivity index (χ2n) is 5.28. The van der Waals surface area contributed by atoms with Crippen LogP contribution in [0.25, 0.3) is 0 Å². The Morgan fingerprint density at radius 3 is 2.68 bits per heavy atom. The van der Waals surface area contributed by atoms with Gasteiger partial charge in [-0.25, -0.2) is 4.39 Å². The van der Waals surface area contributed by atoms with Crippen molar-refractivity contribution in [3.63, 3.8) is 0 Å². The summed E-state index contributed by atoms with van der Waals surface area (Å²) in [7, 11) is 1.79. The Morgan fingerprint density at radius 1 is 1.27 bits per heavy atom. The van der Waals surface area contributed by atoms with Gasteiger partial charge in [0, 0.05) is 22.3 Å². The fourth-order valence-corrected chi connectivity index (χ4v) is 2.39. The van der Waals surface area contributed by atoms with Crippen LogP contribution in [0.2, 0.25) is 0 Å². The average molecular weight is 365 g/mol. The van der Waals surface area contributed by atoms with Gasteiger partial charge in [-0.05, 0) is 43.8 Å². The van der Waals surface area contributed by atoms with Gasteiger partial charge in [0.15, 0.2) is 0 Å². The standard InChI is InChI=1S/C17H18BrFN2O/c1-12-9-14(7-8-15(12)18)20-17(22)11-21(2)10-13-5-3-4-6-16(13)19/h3-9H,10-11H2,1-2H3,(H,20,22). The summed E-state index contributed by atoms with van der Waals surface area (Å²) in [6.07, 6.45) is 0. The van der Waals surface area contributed by atoms with Crippen LogP contribution in [0, 0.1) is 12.7 Å². The van der Waals surface area contributed by atoms with Gasteiger partial charge in [-0.15, -0.1) is 0 Å². The van der Waals surface area contributed by atoms with Crippen molar-refractivity contribution in [3.05, 3.63) is 63.9 Å². The molecule has 0 aliphatic heterocycles. The van der Waals surface area contributed by atoms with Gasteiger partial charge in [-0.3, -0.25) is 9.69 Å². The van der Waals surface area contributed by atoms with Crippen LogP contribution < -0.4 is 5.32 Å². The van der Waals surface area contributed by atoms with E-state index in [0.29, 0.717) is 12.1 Å². The maximum absolute atomic E-state index is 13.6. The number of halogens is 2. The quantitative estimate of drug-likeness (QED) is 0.870. The summed E-state index contributed by atoms with van der Waals surface area (Å²) in [5.74, 6) is -0.376. The van der Waals surface area contributed by atoms with E-state index < -0.39 is 0 Å². The number of nitrogens with zero attached hydrogens (tertiary/aromatic N) is 1. The summed E-state index contributed by atoms with van der Waals surface area (Å²) in [5.41, 5.74) is 2.39. The molecule has 0 saturated carbocycles. The number of amides is 1. The van der Waals surface area contributed by atoms with Crippen LogP contribution in [-0.4, -0.2) is 24.4 Å². The predicted octanol–water partition coefficient (Wildman–Crippen LogP) is 3.97. The number of hydrogen-bond acceptors (Lipinski definition) is 2. The molecule has 0 heterocycles. The van der Waals surface area contributed by atoms with Gasteiger partial charge in [0.2, 0.25) is 5.91 Å². The van der Waals surface area contributed by atoms with Gasteiger partial charge >= 0.3 is 0 Å². The van der Waals surface area contributed by atoms with Gasteiger partial charge < -0.3 is 5.32 Å². The first-order valence-corrected chi connectivity index (χ1v) is 7.73. The molecule has 0 bridgehead atoms. The Bertz CT molecular complexity index is 675. The molecule has 0 aliphatic carbocycles. The molecule has 0 saturated heterocycles. The van der Waals surface area contributed by atoms with E-state index in [0.717, 1.165) is 15.7 Å². The largest absolute Gasteiger partial charge is 0.325 e. The Balaban J connectivity index is 1.91. The van der Waals surface area contributed by atoms with Gasteiger partial charge in [0.25, 0.3) is 0 Å². The Labute approximate surface area is 138 Å². The molecule has 3 nitrogen and oxygen atoms in total. The SMILES string of the molecule is Cc1cc(NC(=O)CN(C)Cc2ccccc2F)ccc1Br. The number of carbonyl (C=O) groups is 1. The Hall–Kier alpha value is -1.72. The third-order valence-electron chi connectivity index (χ3n) is 3.25. The average Bonchev–Trinajstić information content (AvgIpc) is 2.45. The number of anilines is 1. The van der Waals surface area contributed by atoms with Crippen molar-refractivity contribution in [1.82, 2.24) is 4.90 Å². The van der Waals surface area contributed by atoms with E-state index in [1.165, 1.54) is 6.07 Å². The summed E-state index contributed by atoms with van der Waals surface area (Å²) in [5, 5.41) is 2.85. The molecule has 5 heteroatoms. The van der Waals surface area contributed by atoms with Crippen molar-refractivity contribution in [1.29, 1.82) is 0 Å². The number of benzene rings is 2. The van der Waals surface area contributed by atoms with E-state index in [2.05, 4.69) is 21.2 Å². The van der Waals surface area contributed by atoms with Crippen molar-refractivity contribution in [2.75, 3.05) is 18.9 Å². The molecule has 116 valence electrons. The molecular weight excluding hydrogens is 347 g/mol. The number of rotatable bonds is 5. The normalized spacial score (nSPS) is 10.8. The lowest BCUT2D eigenvalue weighted by molar-refractivity contribution is -0.117. The molecule has 0 fully saturated rings. The Morgan fingerprint density at radius 2 is 2.00 bits per heavy atom. The summed E-state index contributed by atoms with van der Waals surface area (Å²) in [6.45, 7) is 2.55. The van der Waals surface area contributed by atoms with E-state index in [1.807, 2.05) is 25.1 Å². The van der Waals surface area contributed by atoms with E-state index >= 15 is 0 Å². The van der Waals surface area contributed by atoms with Crippen LogP contribution in [-0.2, 0) is 11.3 Å². The summed E-state index contributed by atoms with van der Waals surface area (Å²) >= 11 is 3.42. The van der Waals surface area contributed by atoms with Crippen molar-refractivity contribution >= 4 is 27.5 Å². The minimum atomic E-state index is -0.252. The van der Waals surface area contributed by atoms with E-state index in [-0.39, 0.29) is 18.3 Å². The first-order chi connectivity index (χ1) is 10.5. The monoisotopic (exact) mass is 364 g/mol. The van der Waals surface area contributed by atoms with Crippen LogP contribution in [0.15, 0.2) is 46.9 Å². The molecule has 2 rings (SSSR count). The van der Waals surface area contributed by atoms with Crippen LogP contribution in [0.5, 0.6) is 0 Å². The molecule has 2 aromatic rings. The number of aryl methyl sites for hydroxylation is 1. The molecule has 0 aromatic heterocycles. The van der Waals surface area contributed by atoms with E-state index in [1.54, 1.807) is 30.1 Å². The number of likely N-dealkylation sites (N-methyl/N-ethyl adjacent to an activating group) is 1. The predicted molar refractivity (Wildman–Crippen MR) is 90.2 cm³/mol. The van der Waals surface area contributed by atoms with Crippen LogP contribution in [0.4, 0.5) is 10.1 Å². The van der Waals surface area contributed by atoms with Gasteiger partial charge in [0.05, 0.1) is 6.54 Å². The number of nitrogens with one attached hydrogen (secondary N) is 1. The molecule has 1 N–H and O–H groups in total. The zero-order valence-electron chi connectivity index (χ0n) is 12.6. The molecule has 0 aliphatic rings. The van der Waals surface area contributed by atoms with Gasteiger partial charge in [-0.1, -0.05) is 34.1 Å². The van der Waals surface area contributed by atoms with Crippen LogP contribution >= 0.6 is 15.9 Å². The third kappa shape index (κ3) is 4.64. The molecule has 22 heavy (non-hydrogen) atoms. The van der Waals surface area contributed by atoms with Crippen LogP contribution in [0.3, 0.4) is 0 Å². The van der Waals surface area contributed by atoms with E-state index in [9.17, 15) is 9.18 Å². The highest BCUT2D eigenvalue weighted by molar-refractivity contribution is 9.10. The molecule has 0 atom stereocenters. The van der Waals surface area contributed by atoms with E-state index in [4.69, 9.17) is 0 Å². The second kappa shape index (κ2) is 7.51. The molecule has 1 amide bonds. The summed E-state index contributed by atoms with van der Waals surface area (Å²) in [4.78, 5) is 13.8. The highest BCUT2D eigenvalue weighted by atomic mass is 79.9. The highest BCUT2D eigenvalue weighted by Gasteiger charge is 2.10. The highest BCUT2D eigenvalue weighted by Crippen LogP contribution is 2.20. The molecule has 0 unspecified atom stereocenters. The minimum absolute atomic E-state index is 0.124. The van der Waals surface area contributed by atoms with Crippen molar-refractivity contribution in [2.45, 2.75) is 13.5 Å². The molecule has 0 spiro atoms. The smallest absolute Gasteiger partial charge is 0.238 e. The summed E-state index contributed by atoms with van der Waals surface area (Å²) < 4.78 is 14.6. The zero-order chi connectivity index (χ0) is 16.1. The summed E-state index contributed by atoms with van der Waals surface area (Å²) in [6, 6.07) is 12.2. The van der Waals surface area contributed by atoms with Crippen molar-refractivity contribution in [2.24, 2.45) is 0 Å². The fourth-order valence-electron chi connectivity index (χ4n) is 2.14. The lowest BCUT2D eigenvalue weighted by Gasteiger charge is -2.17. The lowest BCUT2D eigenvalue weighted by atomic mass is 10.2. The van der Waals surface area contributed by atoms with Crippen LogP contribution in [0.1, 0.15) is 11.1 Å². The maximum Gasteiger partial charge on any atom is 0.238 e. The first kappa shape index (κ1) is 16.6. The molecule has 0 radical (unpaired) electrons. The Kier molecular flexibility index (Phi) is 5.69. The van der Waals surface area contributed by atoms with Gasteiger partial charge in [-0.2, -0.15) is 0 Å². The van der Waals surface area contributed by atoms with Crippen molar-refractivity contribution < 1.29 is 9.18 Å². The number of carbonyl (C=O) groups excluding carboxylic acids is 1. The van der Waals surface area contributed by atoms with Crippen molar-refractivity contribution in [3.8, 4) is 0 Å². The molecular formula is C17H18BrFN2O.